The van der Waals surface area contributed by atoms with Gasteiger partial charge >= 0.3 is 12.2 Å². The van der Waals surface area contributed by atoms with Crippen LogP contribution in [0.15, 0.2) is 30.3 Å². The van der Waals surface area contributed by atoms with Gasteiger partial charge in [-0.05, 0) is 64.5 Å². The molecule has 2 aliphatic rings. The molecule has 1 aromatic carbocycles. The van der Waals surface area contributed by atoms with Gasteiger partial charge in [0, 0.05) is 25.7 Å². The number of carbonyl (C=O) groups excluding carboxylic acids is 2. The standard InChI is InChI=1S/C21H30N2O4/c1-21(2,3)27-20(25)23-13-8-7-11-18(23)16-12-14-22(15-16)19(24)26-17-9-5-4-6-10-17/h4-6,9-10,16,18H,7-8,11-15H2,1-3H3. The Morgan fingerprint density at radius 3 is 2.44 bits per heavy atom. The van der Waals surface area contributed by atoms with Gasteiger partial charge in [-0.2, -0.15) is 0 Å². The molecule has 148 valence electrons. The Morgan fingerprint density at radius 2 is 1.74 bits per heavy atom. The highest BCUT2D eigenvalue weighted by molar-refractivity contribution is 5.71. The summed E-state index contributed by atoms with van der Waals surface area (Å²) in [4.78, 5) is 28.7. The highest BCUT2D eigenvalue weighted by Crippen LogP contribution is 2.31. The molecule has 0 radical (unpaired) electrons. The summed E-state index contributed by atoms with van der Waals surface area (Å²) in [5.41, 5.74) is -0.500. The molecule has 3 rings (SSSR count). The van der Waals surface area contributed by atoms with Crippen LogP contribution in [-0.4, -0.2) is 53.3 Å². The Balaban J connectivity index is 1.60. The lowest BCUT2D eigenvalue weighted by atomic mass is 9.90. The highest BCUT2D eigenvalue weighted by Gasteiger charge is 2.39. The van der Waals surface area contributed by atoms with Gasteiger partial charge in [0.25, 0.3) is 0 Å². The molecule has 27 heavy (non-hydrogen) atoms. The molecule has 2 heterocycles. The highest BCUT2D eigenvalue weighted by atomic mass is 16.6. The van der Waals surface area contributed by atoms with E-state index in [4.69, 9.17) is 9.47 Å². The molecule has 0 aliphatic carbocycles. The molecule has 6 heteroatoms. The van der Waals surface area contributed by atoms with E-state index >= 15 is 0 Å². The van der Waals surface area contributed by atoms with E-state index in [1.165, 1.54) is 0 Å². The average molecular weight is 374 g/mol. The number of nitrogens with zero attached hydrogens (tertiary/aromatic N) is 2. The van der Waals surface area contributed by atoms with Crippen molar-refractivity contribution in [2.24, 2.45) is 5.92 Å². The zero-order chi connectivity index (χ0) is 19.4. The molecule has 0 saturated carbocycles. The lowest BCUT2D eigenvalue weighted by Crippen LogP contribution is -2.50. The normalized spacial score (nSPS) is 23.2. The van der Waals surface area contributed by atoms with Gasteiger partial charge in [0.2, 0.25) is 0 Å². The smallest absolute Gasteiger partial charge is 0.415 e. The first-order valence-corrected chi connectivity index (χ1v) is 9.85. The van der Waals surface area contributed by atoms with Gasteiger partial charge in [-0.25, -0.2) is 9.59 Å². The fourth-order valence-corrected chi connectivity index (χ4v) is 3.92. The molecule has 2 unspecified atom stereocenters. The van der Waals surface area contributed by atoms with Crippen LogP contribution in [0.3, 0.4) is 0 Å². The van der Waals surface area contributed by atoms with E-state index in [0.717, 1.165) is 32.2 Å². The van der Waals surface area contributed by atoms with E-state index < -0.39 is 5.60 Å². The summed E-state index contributed by atoms with van der Waals surface area (Å²) in [7, 11) is 0. The molecule has 0 aromatic heterocycles. The van der Waals surface area contributed by atoms with Gasteiger partial charge in [0.1, 0.15) is 11.4 Å². The monoisotopic (exact) mass is 374 g/mol. The van der Waals surface area contributed by atoms with Crippen LogP contribution in [0.5, 0.6) is 5.75 Å². The quantitative estimate of drug-likeness (QED) is 0.774. The predicted molar refractivity (Wildman–Crippen MR) is 103 cm³/mol. The summed E-state index contributed by atoms with van der Waals surface area (Å²) in [5, 5.41) is 0. The van der Waals surface area contributed by atoms with Crippen LogP contribution >= 0.6 is 0 Å². The van der Waals surface area contributed by atoms with Crippen molar-refractivity contribution in [3.05, 3.63) is 30.3 Å². The molecular formula is C21H30N2O4. The molecule has 0 spiro atoms. The number of piperidine rings is 1. The topological polar surface area (TPSA) is 59.1 Å². The van der Waals surface area contributed by atoms with Crippen LogP contribution < -0.4 is 4.74 Å². The maximum Gasteiger partial charge on any atom is 0.415 e. The van der Waals surface area contributed by atoms with E-state index in [-0.39, 0.29) is 24.1 Å². The Bertz CT molecular complexity index is 656. The second-order valence-corrected chi connectivity index (χ2v) is 8.41. The van der Waals surface area contributed by atoms with Gasteiger partial charge in [0.15, 0.2) is 0 Å². The number of benzene rings is 1. The minimum absolute atomic E-state index is 0.128. The van der Waals surface area contributed by atoms with Crippen LogP contribution in [0.25, 0.3) is 0 Å². The molecule has 0 bridgehead atoms. The Morgan fingerprint density at radius 1 is 1.00 bits per heavy atom. The largest absolute Gasteiger partial charge is 0.444 e. The maximum absolute atomic E-state index is 12.6. The van der Waals surface area contributed by atoms with E-state index in [9.17, 15) is 9.59 Å². The van der Waals surface area contributed by atoms with Gasteiger partial charge in [-0.3, -0.25) is 0 Å². The number of hydrogen-bond acceptors (Lipinski definition) is 4. The number of ether oxygens (including phenoxy) is 2. The van der Waals surface area contributed by atoms with Crippen LogP contribution in [0.2, 0.25) is 0 Å². The van der Waals surface area contributed by atoms with Crippen molar-refractivity contribution in [1.82, 2.24) is 9.80 Å². The van der Waals surface area contributed by atoms with Crippen molar-refractivity contribution in [2.45, 2.75) is 58.1 Å². The molecule has 2 fully saturated rings. The molecule has 2 aliphatic heterocycles. The van der Waals surface area contributed by atoms with Crippen molar-refractivity contribution < 1.29 is 19.1 Å². The third-order valence-corrected chi connectivity index (χ3v) is 5.15. The summed E-state index contributed by atoms with van der Waals surface area (Å²) < 4.78 is 11.1. The molecule has 0 N–H and O–H groups in total. The van der Waals surface area contributed by atoms with E-state index in [1.807, 2.05) is 43.9 Å². The van der Waals surface area contributed by atoms with Crippen LogP contribution in [-0.2, 0) is 4.74 Å². The predicted octanol–water partition coefficient (Wildman–Crippen LogP) is 4.30. The molecule has 2 amide bonds. The number of amides is 2. The molecule has 2 saturated heterocycles. The summed E-state index contributed by atoms with van der Waals surface area (Å²) in [6, 6.07) is 9.25. The van der Waals surface area contributed by atoms with Gasteiger partial charge < -0.3 is 19.3 Å². The van der Waals surface area contributed by atoms with E-state index in [0.29, 0.717) is 18.8 Å². The fraction of sp³-hybridized carbons (Fsp3) is 0.619. The SMILES string of the molecule is CC(C)(C)OC(=O)N1CCCCC1C1CCN(C(=O)Oc2ccccc2)C1. The number of likely N-dealkylation sites (tertiary alicyclic amines) is 2. The summed E-state index contributed by atoms with van der Waals surface area (Å²) in [6.07, 6.45) is 3.40. The minimum atomic E-state index is -0.500. The average Bonchev–Trinajstić information content (AvgIpc) is 3.11. The molecule has 1 aromatic rings. The van der Waals surface area contributed by atoms with Gasteiger partial charge in [-0.15, -0.1) is 0 Å². The third-order valence-electron chi connectivity index (χ3n) is 5.15. The Labute approximate surface area is 161 Å². The summed E-state index contributed by atoms with van der Waals surface area (Å²) >= 11 is 0. The second kappa shape index (κ2) is 8.19. The van der Waals surface area contributed by atoms with E-state index in [2.05, 4.69) is 0 Å². The zero-order valence-corrected chi connectivity index (χ0v) is 16.5. The van der Waals surface area contributed by atoms with Crippen molar-refractivity contribution in [3.8, 4) is 5.75 Å². The van der Waals surface area contributed by atoms with Crippen molar-refractivity contribution in [3.63, 3.8) is 0 Å². The third kappa shape index (κ3) is 5.15. The van der Waals surface area contributed by atoms with Crippen molar-refractivity contribution in [1.29, 1.82) is 0 Å². The van der Waals surface area contributed by atoms with Crippen molar-refractivity contribution in [2.75, 3.05) is 19.6 Å². The summed E-state index contributed by atoms with van der Waals surface area (Å²) in [5.74, 6) is 0.820. The molecule has 2 atom stereocenters. The van der Waals surface area contributed by atoms with Crippen LogP contribution in [0, 0.1) is 5.92 Å². The first-order chi connectivity index (χ1) is 12.8. The molecule has 6 nitrogen and oxygen atoms in total. The van der Waals surface area contributed by atoms with Crippen molar-refractivity contribution >= 4 is 12.2 Å². The fourth-order valence-electron chi connectivity index (χ4n) is 3.92. The lowest BCUT2D eigenvalue weighted by molar-refractivity contribution is 0.00224. The van der Waals surface area contributed by atoms with E-state index in [1.54, 1.807) is 17.0 Å². The summed E-state index contributed by atoms with van der Waals surface area (Å²) in [6.45, 7) is 7.68. The maximum atomic E-state index is 12.6. The molecular weight excluding hydrogens is 344 g/mol. The second-order valence-electron chi connectivity index (χ2n) is 8.41. The lowest BCUT2D eigenvalue weighted by Gasteiger charge is -2.39. The van der Waals surface area contributed by atoms with Gasteiger partial charge in [-0.1, -0.05) is 18.2 Å². The first kappa shape index (κ1) is 19.5. The minimum Gasteiger partial charge on any atom is -0.444 e. The Kier molecular flexibility index (Phi) is 5.92. The first-order valence-electron chi connectivity index (χ1n) is 9.85. The number of hydrogen-bond donors (Lipinski definition) is 0. The number of rotatable bonds is 2. The van der Waals surface area contributed by atoms with Gasteiger partial charge in [0.05, 0.1) is 0 Å². The number of carbonyl (C=O) groups is 2. The number of para-hydroxylation sites is 1. The zero-order valence-electron chi connectivity index (χ0n) is 16.5. The van der Waals surface area contributed by atoms with Crippen LogP contribution in [0.4, 0.5) is 9.59 Å². The Hall–Kier alpha value is -2.24. The van der Waals surface area contributed by atoms with Crippen LogP contribution in [0.1, 0.15) is 46.5 Å².